The highest BCUT2D eigenvalue weighted by Crippen LogP contribution is 2.21. The van der Waals surface area contributed by atoms with E-state index in [1.54, 1.807) is 13.1 Å². The molecule has 208 valence electrons. The predicted octanol–water partition coefficient (Wildman–Crippen LogP) is -3.43. The van der Waals surface area contributed by atoms with E-state index in [0.29, 0.717) is 5.69 Å². The van der Waals surface area contributed by atoms with Crippen LogP contribution in [0.5, 0.6) is 0 Å². The third-order valence-electron chi connectivity index (χ3n) is 7.67. The summed E-state index contributed by atoms with van der Waals surface area (Å²) in [6.45, 7) is 0.356. The van der Waals surface area contributed by atoms with E-state index in [-0.39, 0.29) is 45.7 Å². The number of hydrogen-bond donors (Lipinski definition) is 2. The van der Waals surface area contributed by atoms with Crippen LogP contribution in [0.4, 0.5) is 0 Å². The summed E-state index contributed by atoms with van der Waals surface area (Å²) in [7, 11) is 0. The number of amides is 6. The van der Waals surface area contributed by atoms with Crippen molar-refractivity contribution in [3.05, 3.63) is 30.6 Å². The highest BCUT2D eigenvalue weighted by molar-refractivity contribution is 5.98. The molecule has 9 aliphatic rings. The summed E-state index contributed by atoms with van der Waals surface area (Å²) in [5.41, 5.74) is 0.611. The summed E-state index contributed by atoms with van der Waals surface area (Å²) in [5, 5.41) is 9.95. The molecule has 0 aromatic carbocycles. The van der Waals surface area contributed by atoms with E-state index in [1.807, 2.05) is 0 Å². The number of nitrogens with one attached hydrogen (secondary N) is 1. The van der Waals surface area contributed by atoms with Gasteiger partial charge in [-0.25, -0.2) is 4.98 Å². The van der Waals surface area contributed by atoms with Gasteiger partial charge in [-0.2, -0.15) is 0 Å². The molecule has 10 rings (SSSR count). The van der Waals surface area contributed by atoms with Crippen LogP contribution in [0.2, 0.25) is 0 Å². The molecule has 0 radical (unpaired) electrons. The average molecular weight is 543 g/mol. The molecule has 10 heterocycles. The predicted molar refractivity (Wildman–Crippen MR) is 131 cm³/mol. The maximum absolute atomic E-state index is 13.6. The summed E-state index contributed by atoms with van der Waals surface area (Å²) < 4.78 is 0. The molecule has 0 saturated carbocycles. The van der Waals surface area contributed by atoms with Gasteiger partial charge in [0.2, 0.25) is 29.5 Å². The lowest BCUT2D eigenvalue weighted by atomic mass is 10.0. The van der Waals surface area contributed by atoms with E-state index in [0.717, 1.165) is 9.80 Å². The minimum Gasteiger partial charge on any atom is -0.394 e. The van der Waals surface area contributed by atoms with Gasteiger partial charge in [-0.15, -0.1) is 0 Å². The zero-order chi connectivity index (χ0) is 27.8. The second kappa shape index (κ2) is 10.5. The molecule has 0 aliphatic carbocycles. The van der Waals surface area contributed by atoms with Crippen molar-refractivity contribution < 1.29 is 33.9 Å². The van der Waals surface area contributed by atoms with Gasteiger partial charge in [-0.1, -0.05) is 0 Å². The number of aromatic amines is 1. The fourth-order valence-corrected chi connectivity index (χ4v) is 5.45. The minimum absolute atomic E-state index is 0.0980. The number of hydrogen-bond acceptors (Lipinski definition) is 8. The highest BCUT2D eigenvalue weighted by Gasteiger charge is 2.43. The lowest BCUT2D eigenvalue weighted by Gasteiger charge is -2.44. The molecular formula is C24H30N8O7. The van der Waals surface area contributed by atoms with Crippen molar-refractivity contribution >= 4 is 35.4 Å². The zero-order valence-electron chi connectivity index (χ0n) is 21.4. The molecule has 15 heteroatoms. The Hall–Kier alpha value is -4.27. The Bertz CT molecular complexity index is 1220. The highest BCUT2D eigenvalue weighted by atomic mass is 16.3. The molecule has 39 heavy (non-hydrogen) atoms. The van der Waals surface area contributed by atoms with Crippen LogP contribution in [0.1, 0.15) is 12.6 Å². The Morgan fingerprint density at radius 2 is 1.49 bits per heavy atom. The molecule has 6 amide bonds. The summed E-state index contributed by atoms with van der Waals surface area (Å²) in [5.74, 6) is -3.00. The first-order valence-corrected chi connectivity index (χ1v) is 12.7. The summed E-state index contributed by atoms with van der Waals surface area (Å²) in [6, 6.07) is -3.09. The number of carbonyl (C=O) groups is 6. The molecule has 1 aromatic rings. The van der Waals surface area contributed by atoms with Gasteiger partial charge in [-0.05, 0) is 6.92 Å². The van der Waals surface area contributed by atoms with Gasteiger partial charge in [0.05, 0.1) is 19.5 Å². The van der Waals surface area contributed by atoms with Gasteiger partial charge in [-0.3, -0.25) is 28.8 Å². The third-order valence-corrected chi connectivity index (χ3v) is 7.67. The van der Waals surface area contributed by atoms with Gasteiger partial charge in [0.15, 0.2) is 0 Å². The topological polar surface area (TPSA) is 171 Å². The number of nitrogens with zero attached hydrogens (tertiary/aromatic N) is 7. The van der Waals surface area contributed by atoms with E-state index in [9.17, 15) is 33.9 Å². The van der Waals surface area contributed by atoms with Crippen molar-refractivity contribution in [1.82, 2.24) is 39.4 Å². The van der Waals surface area contributed by atoms with Crippen LogP contribution in [-0.4, -0.2) is 150 Å². The van der Waals surface area contributed by atoms with Crippen LogP contribution in [0, 0.1) is 0 Å². The van der Waals surface area contributed by atoms with Crippen LogP contribution in [0.3, 0.4) is 0 Å². The molecular weight excluding hydrogens is 512 g/mol. The molecule has 6 bridgehead atoms. The molecule has 0 spiro atoms. The minimum atomic E-state index is -1.27. The van der Waals surface area contributed by atoms with Crippen molar-refractivity contribution in [3.8, 4) is 0 Å². The van der Waals surface area contributed by atoms with Gasteiger partial charge in [0, 0.05) is 56.9 Å². The molecule has 4 fully saturated rings. The molecule has 0 unspecified atom stereocenters. The summed E-state index contributed by atoms with van der Waals surface area (Å²) in [4.78, 5) is 94.1. The van der Waals surface area contributed by atoms with Crippen molar-refractivity contribution in [2.24, 2.45) is 0 Å². The Morgan fingerprint density at radius 3 is 2.18 bits per heavy atom. The standard InChI is InChI=1S/C24H30N8O7/c1-15-22(37)27-2-5-30(15)19(34)10-28-3-6-31(17(23(28)38)8-16-9-25-14-26-16)20(35)12-29-4-7-32(21(36)11-27)18(13-33)24(29)39/h4,7,9,14-15,17-18,33H,2-3,5-6,8,10-13H2,1H3,(H,25,26)/t15-,17-,18-/m0/s1. The van der Waals surface area contributed by atoms with Crippen molar-refractivity contribution in [2.75, 3.05) is 52.4 Å². The number of aliphatic hydroxyl groups excluding tert-OH is 1. The van der Waals surface area contributed by atoms with E-state index in [1.165, 1.54) is 38.3 Å². The van der Waals surface area contributed by atoms with Gasteiger partial charge < -0.3 is 39.5 Å². The number of aliphatic hydroxyl groups is 1. The Balaban J connectivity index is 1.50. The SMILES string of the molecule is C[C@H]1C(=O)N2CCN1C(=O)CN1CCN(C(=O)CN3C=CN(C(=O)C2)[C@@H](CO)C3=O)[C@@H](Cc2cnc[nH]2)C1=O. The molecule has 9 aliphatic heterocycles. The van der Waals surface area contributed by atoms with E-state index in [2.05, 4.69) is 9.97 Å². The fraction of sp³-hybridized carbons (Fsp3) is 0.542. The second-order valence-electron chi connectivity index (χ2n) is 9.93. The average Bonchev–Trinajstić information content (AvgIpc) is 3.42. The van der Waals surface area contributed by atoms with Crippen LogP contribution in [0.25, 0.3) is 0 Å². The van der Waals surface area contributed by atoms with Gasteiger partial charge >= 0.3 is 0 Å². The summed E-state index contributed by atoms with van der Waals surface area (Å²) in [6.07, 6.45) is 5.71. The van der Waals surface area contributed by atoms with Gasteiger partial charge in [0.1, 0.15) is 31.2 Å². The molecule has 1 aromatic heterocycles. The zero-order valence-corrected chi connectivity index (χ0v) is 21.4. The van der Waals surface area contributed by atoms with Crippen molar-refractivity contribution in [2.45, 2.75) is 31.5 Å². The second-order valence-corrected chi connectivity index (χ2v) is 9.93. The van der Waals surface area contributed by atoms with E-state index in [4.69, 9.17) is 0 Å². The molecule has 3 atom stereocenters. The number of imidazole rings is 1. The van der Waals surface area contributed by atoms with E-state index >= 15 is 0 Å². The molecule has 2 N–H and O–H groups in total. The van der Waals surface area contributed by atoms with E-state index < -0.39 is 66.7 Å². The fourth-order valence-electron chi connectivity index (χ4n) is 5.45. The number of H-pyrrole nitrogens is 1. The molecule has 4 saturated heterocycles. The van der Waals surface area contributed by atoms with Crippen LogP contribution >= 0.6 is 0 Å². The number of aromatic nitrogens is 2. The number of carbonyl (C=O) groups excluding carboxylic acids is 6. The molecule has 15 nitrogen and oxygen atoms in total. The number of rotatable bonds is 3. The Kier molecular flexibility index (Phi) is 7.08. The van der Waals surface area contributed by atoms with Crippen LogP contribution < -0.4 is 0 Å². The lowest BCUT2D eigenvalue weighted by molar-refractivity contribution is -0.160. The lowest BCUT2D eigenvalue weighted by Crippen LogP contribution is -2.65. The quantitative estimate of drug-likeness (QED) is 0.397. The summed E-state index contributed by atoms with van der Waals surface area (Å²) >= 11 is 0. The van der Waals surface area contributed by atoms with Crippen molar-refractivity contribution in [3.63, 3.8) is 0 Å². The Labute approximate surface area is 223 Å². The van der Waals surface area contributed by atoms with Crippen LogP contribution in [0.15, 0.2) is 24.9 Å². The first-order valence-electron chi connectivity index (χ1n) is 12.7. The first kappa shape index (κ1) is 26.3. The maximum atomic E-state index is 13.6. The normalized spacial score (nSPS) is 26.9. The number of piperazine rings is 2. The first-order chi connectivity index (χ1) is 18.7. The van der Waals surface area contributed by atoms with Crippen LogP contribution in [-0.2, 0) is 35.2 Å². The Morgan fingerprint density at radius 1 is 0.821 bits per heavy atom. The van der Waals surface area contributed by atoms with Gasteiger partial charge in [0.25, 0.3) is 5.91 Å². The maximum Gasteiger partial charge on any atom is 0.252 e. The smallest absolute Gasteiger partial charge is 0.252 e. The largest absolute Gasteiger partial charge is 0.394 e. The monoisotopic (exact) mass is 542 g/mol. The third kappa shape index (κ3) is 4.84. The van der Waals surface area contributed by atoms with Crippen molar-refractivity contribution in [1.29, 1.82) is 0 Å².